The van der Waals surface area contributed by atoms with Gasteiger partial charge in [-0.15, -0.1) is 11.3 Å². The Labute approximate surface area is 115 Å². The fourth-order valence-corrected chi connectivity index (χ4v) is 2.74. The smallest absolute Gasteiger partial charge is 0.128 e. The van der Waals surface area contributed by atoms with Gasteiger partial charge in [0.05, 0.1) is 19.1 Å². The molecule has 3 nitrogen and oxygen atoms in total. The quantitative estimate of drug-likeness (QED) is 0.708. The molecule has 1 aromatic carbocycles. The molecule has 0 fully saturated rings. The van der Waals surface area contributed by atoms with Gasteiger partial charge in [-0.25, -0.2) is 4.98 Å². The van der Waals surface area contributed by atoms with Crippen molar-refractivity contribution < 1.29 is 9.15 Å². The van der Waals surface area contributed by atoms with Gasteiger partial charge in [-0.2, -0.15) is 0 Å². The lowest BCUT2D eigenvalue weighted by Gasteiger charge is -2.06. The van der Waals surface area contributed by atoms with Crippen LogP contribution in [0.4, 0.5) is 0 Å². The molecule has 4 heteroatoms. The zero-order valence-corrected chi connectivity index (χ0v) is 11.5. The summed E-state index contributed by atoms with van der Waals surface area (Å²) in [5, 5.41) is 2.99. The van der Waals surface area contributed by atoms with E-state index in [1.54, 1.807) is 31.0 Å². The maximum Gasteiger partial charge on any atom is 0.128 e. The lowest BCUT2D eigenvalue weighted by Crippen LogP contribution is -1.89. The number of thiazole rings is 1. The molecule has 0 aliphatic heterocycles. The number of hydrogen-bond donors (Lipinski definition) is 0. The van der Waals surface area contributed by atoms with E-state index in [4.69, 9.17) is 9.15 Å². The predicted molar refractivity (Wildman–Crippen MR) is 76.5 cm³/mol. The zero-order chi connectivity index (χ0) is 13.2. The molecule has 0 radical (unpaired) electrons. The number of aryl methyl sites for hydroxylation is 1. The van der Waals surface area contributed by atoms with Crippen LogP contribution in [-0.4, -0.2) is 12.1 Å². The Kier molecular flexibility index (Phi) is 3.09. The highest BCUT2D eigenvalue weighted by atomic mass is 32.1. The highest BCUT2D eigenvalue weighted by Crippen LogP contribution is 2.34. The first-order valence-electron chi connectivity index (χ1n) is 5.91. The first kappa shape index (κ1) is 12.0. The lowest BCUT2D eigenvalue weighted by atomic mass is 10.1. The van der Waals surface area contributed by atoms with Gasteiger partial charge >= 0.3 is 0 Å². The van der Waals surface area contributed by atoms with E-state index < -0.39 is 0 Å². The summed E-state index contributed by atoms with van der Waals surface area (Å²) in [6.45, 7) is 2.06. The largest absolute Gasteiger partial charge is 0.496 e. The SMILES string of the molecule is COc1ccc(C)cc1-c1csc(-c2ccoc2)n1. The Balaban J connectivity index is 2.06. The van der Waals surface area contributed by atoms with Crippen LogP contribution >= 0.6 is 11.3 Å². The van der Waals surface area contributed by atoms with Gasteiger partial charge in [-0.3, -0.25) is 0 Å². The number of furan rings is 1. The average Bonchev–Trinajstić information content (AvgIpc) is 3.09. The summed E-state index contributed by atoms with van der Waals surface area (Å²) in [5.41, 5.74) is 4.15. The van der Waals surface area contributed by atoms with E-state index in [1.807, 2.05) is 23.6 Å². The molecule has 96 valence electrons. The topological polar surface area (TPSA) is 35.3 Å². The lowest BCUT2D eigenvalue weighted by molar-refractivity contribution is 0.416. The molecule has 0 aliphatic carbocycles. The third-order valence-electron chi connectivity index (χ3n) is 2.90. The van der Waals surface area contributed by atoms with Gasteiger partial charge in [0.15, 0.2) is 0 Å². The molecule has 0 spiro atoms. The van der Waals surface area contributed by atoms with Crippen LogP contribution in [-0.2, 0) is 0 Å². The molecule has 0 saturated carbocycles. The molecule has 0 unspecified atom stereocenters. The summed E-state index contributed by atoms with van der Waals surface area (Å²) in [6, 6.07) is 8.01. The number of benzene rings is 1. The third-order valence-corrected chi connectivity index (χ3v) is 3.79. The van der Waals surface area contributed by atoms with Crippen LogP contribution < -0.4 is 4.74 Å². The van der Waals surface area contributed by atoms with E-state index >= 15 is 0 Å². The molecule has 3 aromatic rings. The van der Waals surface area contributed by atoms with E-state index in [2.05, 4.69) is 18.0 Å². The molecule has 0 amide bonds. The number of aromatic nitrogens is 1. The van der Waals surface area contributed by atoms with Crippen LogP contribution in [0.1, 0.15) is 5.56 Å². The number of ether oxygens (including phenoxy) is 1. The number of methoxy groups -OCH3 is 1. The maximum atomic E-state index is 5.40. The van der Waals surface area contributed by atoms with Crippen LogP contribution in [0.5, 0.6) is 5.75 Å². The van der Waals surface area contributed by atoms with Gasteiger partial charge in [0.1, 0.15) is 17.0 Å². The monoisotopic (exact) mass is 271 g/mol. The predicted octanol–water partition coefficient (Wildman–Crippen LogP) is 4.39. The number of rotatable bonds is 3. The molecule has 0 bridgehead atoms. The van der Waals surface area contributed by atoms with Gasteiger partial charge in [0.2, 0.25) is 0 Å². The van der Waals surface area contributed by atoms with Crippen LogP contribution in [0, 0.1) is 6.92 Å². The zero-order valence-electron chi connectivity index (χ0n) is 10.7. The minimum atomic E-state index is 0.842. The fraction of sp³-hybridized carbons (Fsp3) is 0.133. The van der Waals surface area contributed by atoms with Crippen LogP contribution in [0.25, 0.3) is 21.8 Å². The average molecular weight is 271 g/mol. The Hall–Kier alpha value is -2.07. The second kappa shape index (κ2) is 4.90. The molecule has 0 N–H and O–H groups in total. The van der Waals surface area contributed by atoms with Crippen LogP contribution in [0.15, 0.2) is 46.6 Å². The fourth-order valence-electron chi connectivity index (χ4n) is 1.94. The van der Waals surface area contributed by atoms with Gasteiger partial charge in [-0.05, 0) is 25.1 Å². The van der Waals surface area contributed by atoms with Crippen molar-refractivity contribution in [3.8, 4) is 27.6 Å². The van der Waals surface area contributed by atoms with E-state index in [-0.39, 0.29) is 0 Å². The van der Waals surface area contributed by atoms with E-state index in [0.717, 1.165) is 27.6 Å². The Morgan fingerprint density at radius 1 is 1.26 bits per heavy atom. The molecule has 0 aliphatic rings. The highest BCUT2D eigenvalue weighted by Gasteiger charge is 2.11. The maximum absolute atomic E-state index is 5.40. The van der Waals surface area contributed by atoms with Crippen molar-refractivity contribution in [2.45, 2.75) is 6.92 Å². The van der Waals surface area contributed by atoms with Gasteiger partial charge in [-0.1, -0.05) is 11.6 Å². The van der Waals surface area contributed by atoms with Crippen molar-refractivity contribution in [2.24, 2.45) is 0 Å². The van der Waals surface area contributed by atoms with Crippen molar-refractivity contribution in [2.75, 3.05) is 7.11 Å². The molecule has 2 aromatic heterocycles. The number of nitrogens with zero attached hydrogens (tertiary/aromatic N) is 1. The minimum absolute atomic E-state index is 0.842. The second-order valence-electron chi connectivity index (χ2n) is 4.25. The third kappa shape index (κ3) is 2.27. The molecule has 0 atom stereocenters. The van der Waals surface area contributed by atoms with Crippen molar-refractivity contribution in [3.05, 3.63) is 47.7 Å². The Morgan fingerprint density at radius 3 is 2.89 bits per heavy atom. The summed E-state index contributed by atoms with van der Waals surface area (Å²) in [5.74, 6) is 0.842. The Bertz CT molecular complexity index is 686. The molecule has 3 rings (SSSR count). The van der Waals surface area contributed by atoms with Gasteiger partial charge in [0.25, 0.3) is 0 Å². The first-order chi connectivity index (χ1) is 9.28. The summed E-state index contributed by atoms with van der Waals surface area (Å²) < 4.78 is 10.5. The van der Waals surface area contributed by atoms with Crippen LogP contribution in [0.3, 0.4) is 0 Å². The minimum Gasteiger partial charge on any atom is -0.496 e. The van der Waals surface area contributed by atoms with Gasteiger partial charge < -0.3 is 9.15 Å². The van der Waals surface area contributed by atoms with Crippen molar-refractivity contribution in [1.82, 2.24) is 4.98 Å². The summed E-state index contributed by atoms with van der Waals surface area (Å²) in [6.07, 6.45) is 3.36. The molecule has 0 saturated heterocycles. The molecule has 2 heterocycles. The second-order valence-corrected chi connectivity index (χ2v) is 5.11. The van der Waals surface area contributed by atoms with Crippen molar-refractivity contribution >= 4 is 11.3 Å². The summed E-state index contributed by atoms with van der Waals surface area (Å²) in [4.78, 5) is 4.65. The van der Waals surface area contributed by atoms with Gasteiger partial charge in [0, 0.05) is 16.5 Å². The van der Waals surface area contributed by atoms with Crippen molar-refractivity contribution in [1.29, 1.82) is 0 Å². The molecular weight excluding hydrogens is 258 g/mol. The number of hydrogen-bond acceptors (Lipinski definition) is 4. The summed E-state index contributed by atoms with van der Waals surface area (Å²) >= 11 is 1.60. The van der Waals surface area contributed by atoms with Crippen molar-refractivity contribution in [3.63, 3.8) is 0 Å². The molecule has 19 heavy (non-hydrogen) atoms. The van der Waals surface area contributed by atoms with E-state index in [9.17, 15) is 0 Å². The normalized spacial score (nSPS) is 10.6. The van der Waals surface area contributed by atoms with Crippen LogP contribution in [0.2, 0.25) is 0 Å². The Morgan fingerprint density at radius 2 is 2.16 bits per heavy atom. The molecular formula is C15H13NO2S. The summed E-state index contributed by atoms with van der Waals surface area (Å²) in [7, 11) is 1.68. The van der Waals surface area contributed by atoms with E-state index in [1.165, 1.54) is 5.56 Å². The first-order valence-corrected chi connectivity index (χ1v) is 6.79. The highest BCUT2D eigenvalue weighted by molar-refractivity contribution is 7.13. The van der Waals surface area contributed by atoms with E-state index in [0.29, 0.717) is 0 Å². The standard InChI is InChI=1S/C15H13NO2S/c1-10-3-4-14(17-2)12(7-10)13-9-19-15(16-13)11-5-6-18-8-11/h3-9H,1-2H3.